The molecule has 1 aromatic rings. The molecule has 3 atom stereocenters. The molecular formula is C27H43N3O7. The van der Waals surface area contributed by atoms with Crippen molar-refractivity contribution in [2.24, 2.45) is 5.92 Å². The first kappa shape index (κ1) is 31.7. The molecule has 0 fully saturated rings. The number of hydrogen-bond donors (Lipinski definition) is 3. The molecule has 0 bridgehead atoms. The number of carbonyl (C=O) groups excluding carboxylic acids is 4. The van der Waals surface area contributed by atoms with Crippen LogP contribution >= 0.6 is 0 Å². The van der Waals surface area contributed by atoms with E-state index in [4.69, 9.17) is 9.47 Å². The summed E-state index contributed by atoms with van der Waals surface area (Å²) >= 11 is 0. The van der Waals surface area contributed by atoms with Crippen molar-refractivity contribution in [3.8, 4) is 5.75 Å². The molecule has 1 aromatic carbocycles. The number of alkyl carbamates (subject to hydrolysis) is 1. The summed E-state index contributed by atoms with van der Waals surface area (Å²) in [7, 11) is 0. The van der Waals surface area contributed by atoms with Crippen molar-refractivity contribution in [1.82, 2.24) is 15.5 Å². The van der Waals surface area contributed by atoms with Gasteiger partial charge >= 0.3 is 12.1 Å². The number of benzene rings is 1. The number of nitrogens with one attached hydrogen (secondary N) is 2. The van der Waals surface area contributed by atoms with E-state index in [1.165, 1.54) is 11.0 Å². The summed E-state index contributed by atoms with van der Waals surface area (Å²) in [5, 5.41) is 15.4. The summed E-state index contributed by atoms with van der Waals surface area (Å²) < 4.78 is 10.3. The summed E-state index contributed by atoms with van der Waals surface area (Å²) in [6.45, 7) is 14.5. The van der Waals surface area contributed by atoms with E-state index >= 15 is 0 Å². The van der Waals surface area contributed by atoms with Crippen LogP contribution in [-0.2, 0) is 23.9 Å². The SMILES string of the molecule is CCOC(=O)CCNC(=O)C(c1ccc(O)c(C)c1)N(CC)C(=O)C(NC(=O)OC(C)(C)C)C(C)CC. The highest BCUT2D eigenvalue weighted by Crippen LogP contribution is 2.28. The fourth-order valence-electron chi connectivity index (χ4n) is 3.70. The van der Waals surface area contributed by atoms with Crippen molar-refractivity contribution in [3.63, 3.8) is 0 Å². The van der Waals surface area contributed by atoms with E-state index in [1.54, 1.807) is 53.7 Å². The van der Waals surface area contributed by atoms with E-state index < -0.39 is 41.6 Å². The highest BCUT2D eigenvalue weighted by Gasteiger charge is 2.37. The molecule has 0 saturated carbocycles. The first-order valence-corrected chi connectivity index (χ1v) is 12.8. The lowest BCUT2D eigenvalue weighted by Crippen LogP contribution is -2.55. The van der Waals surface area contributed by atoms with E-state index in [1.807, 2.05) is 13.8 Å². The minimum absolute atomic E-state index is 0.0172. The van der Waals surface area contributed by atoms with Crippen molar-refractivity contribution in [2.75, 3.05) is 19.7 Å². The Hall–Kier alpha value is -3.30. The second-order valence-corrected chi connectivity index (χ2v) is 9.93. The molecule has 0 spiro atoms. The van der Waals surface area contributed by atoms with Crippen LogP contribution in [0.4, 0.5) is 4.79 Å². The number of likely N-dealkylation sites (N-methyl/N-ethyl adjacent to an activating group) is 1. The van der Waals surface area contributed by atoms with Gasteiger partial charge in [0.15, 0.2) is 0 Å². The highest BCUT2D eigenvalue weighted by molar-refractivity contribution is 5.92. The Morgan fingerprint density at radius 2 is 1.76 bits per heavy atom. The molecule has 3 amide bonds. The van der Waals surface area contributed by atoms with Crippen LogP contribution in [0.25, 0.3) is 0 Å². The van der Waals surface area contributed by atoms with Gasteiger partial charge in [-0.1, -0.05) is 26.3 Å². The van der Waals surface area contributed by atoms with Crippen molar-refractivity contribution >= 4 is 23.9 Å². The summed E-state index contributed by atoms with van der Waals surface area (Å²) in [6, 6.07) is 2.68. The molecule has 0 heterocycles. The zero-order valence-corrected chi connectivity index (χ0v) is 23.3. The lowest BCUT2D eigenvalue weighted by atomic mass is 9.95. The number of phenolic OH excluding ortho intramolecular Hbond substituents is 1. The van der Waals surface area contributed by atoms with Crippen LogP contribution in [0.2, 0.25) is 0 Å². The Labute approximate surface area is 220 Å². The smallest absolute Gasteiger partial charge is 0.408 e. The fraction of sp³-hybridized carbons (Fsp3) is 0.630. The third-order valence-corrected chi connectivity index (χ3v) is 5.81. The van der Waals surface area contributed by atoms with Gasteiger partial charge < -0.3 is 30.1 Å². The van der Waals surface area contributed by atoms with Crippen LogP contribution in [0.1, 0.15) is 78.5 Å². The Bertz CT molecular complexity index is 942. The lowest BCUT2D eigenvalue weighted by molar-refractivity contribution is -0.144. The third kappa shape index (κ3) is 9.93. The van der Waals surface area contributed by atoms with E-state index in [9.17, 15) is 24.3 Å². The molecular weight excluding hydrogens is 478 g/mol. The van der Waals surface area contributed by atoms with Crippen LogP contribution < -0.4 is 10.6 Å². The average Bonchev–Trinajstić information content (AvgIpc) is 2.80. The Balaban J connectivity index is 3.35. The molecule has 1 rings (SSSR count). The minimum Gasteiger partial charge on any atom is -0.508 e. The number of rotatable bonds is 12. The standard InChI is InChI=1S/C27H43N3O7/c1-9-17(4)22(29-26(35)37-27(6,7)8)25(34)30(10-2)23(19-12-13-20(31)18(5)16-19)24(33)28-15-14-21(32)36-11-3/h12-13,16-17,22-23,31H,9-11,14-15H2,1-8H3,(H,28,33)(H,29,35). The minimum atomic E-state index is -1.06. The average molecular weight is 522 g/mol. The normalized spacial score (nSPS) is 13.6. The van der Waals surface area contributed by atoms with E-state index in [-0.39, 0.29) is 37.8 Å². The first-order chi connectivity index (χ1) is 17.2. The zero-order valence-electron chi connectivity index (χ0n) is 23.3. The molecule has 0 aromatic heterocycles. The summed E-state index contributed by atoms with van der Waals surface area (Å²) in [6.07, 6.45) is -0.145. The molecule has 0 aliphatic heterocycles. The number of amides is 3. The van der Waals surface area contributed by atoms with Crippen molar-refractivity contribution in [3.05, 3.63) is 29.3 Å². The number of carbonyl (C=O) groups is 4. The van der Waals surface area contributed by atoms with Crippen molar-refractivity contribution in [2.45, 2.75) is 85.9 Å². The van der Waals surface area contributed by atoms with Gasteiger partial charge in [-0.05, 0) is 70.7 Å². The predicted octanol–water partition coefficient (Wildman–Crippen LogP) is 3.60. The number of nitrogens with zero attached hydrogens (tertiary/aromatic N) is 1. The first-order valence-electron chi connectivity index (χ1n) is 12.8. The highest BCUT2D eigenvalue weighted by atomic mass is 16.6. The number of ether oxygens (including phenoxy) is 2. The maximum absolute atomic E-state index is 13.9. The number of phenols is 1. The summed E-state index contributed by atoms with van der Waals surface area (Å²) in [5.41, 5.74) is 0.276. The summed E-state index contributed by atoms with van der Waals surface area (Å²) in [5.74, 6) is -1.57. The molecule has 3 N–H and O–H groups in total. The van der Waals surface area contributed by atoms with Gasteiger partial charge in [-0.3, -0.25) is 14.4 Å². The second-order valence-electron chi connectivity index (χ2n) is 9.93. The van der Waals surface area contributed by atoms with Gasteiger partial charge in [0.05, 0.1) is 13.0 Å². The van der Waals surface area contributed by atoms with Crippen LogP contribution in [0.3, 0.4) is 0 Å². The summed E-state index contributed by atoms with van der Waals surface area (Å²) in [4.78, 5) is 53.0. The van der Waals surface area contributed by atoms with Gasteiger partial charge in [-0.2, -0.15) is 0 Å². The van der Waals surface area contributed by atoms with E-state index in [0.29, 0.717) is 17.5 Å². The molecule has 0 aliphatic carbocycles. The quantitative estimate of drug-likeness (QED) is 0.358. The predicted molar refractivity (Wildman–Crippen MR) is 140 cm³/mol. The van der Waals surface area contributed by atoms with Gasteiger partial charge in [-0.15, -0.1) is 0 Å². The van der Waals surface area contributed by atoms with Gasteiger partial charge in [0.25, 0.3) is 0 Å². The Morgan fingerprint density at radius 1 is 1.11 bits per heavy atom. The Morgan fingerprint density at radius 3 is 2.27 bits per heavy atom. The fourth-order valence-corrected chi connectivity index (χ4v) is 3.70. The van der Waals surface area contributed by atoms with Gasteiger partial charge in [0.2, 0.25) is 11.8 Å². The van der Waals surface area contributed by atoms with Crippen LogP contribution in [0.15, 0.2) is 18.2 Å². The topological polar surface area (TPSA) is 134 Å². The molecule has 37 heavy (non-hydrogen) atoms. The number of aromatic hydroxyl groups is 1. The number of aryl methyl sites for hydroxylation is 1. The monoisotopic (exact) mass is 521 g/mol. The number of hydrogen-bond acceptors (Lipinski definition) is 7. The molecule has 208 valence electrons. The van der Waals surface area contributed by atoms with Gasteiger partial charge in [0, 0.05) is 13.1 Å². The molecule has 3 unspecified atom stereocenters. The maximum atomic E-state index is 13.9. The largest absolute Gasteiger partial charge is 0.508 e. The molecule has 10 nitrogen and oxygen atoms in total. The second kappa shape index (κ2) is 14.4. The molecule has 0 radical (unpaired) electrons. The molecule has 10 heteroatoms. The third-order valence-electron chi connectivity index (χ3n) is 5.81. The zero-order chi connectivity index (χ0) is 28.3. The van der Waals surface area contributed by atoms with Gasteiger partial charge in [0.1, 0.15) is 23.4 Å². The lowest BCUT2D eigenvalue weighted by Gasteiger charge is -2.35. The van der Waals surface area contributed by atoms with Crippen LogP contribution in [-0.4, -0.2) is 65.2 Å². The maximum Gasteiger partial charge on any atom is 0.408 e. The van der Waals surface area contributed by atoms with E-state index in [2.05, 4.69) is 10.6 Å². The van der Waals surface area contributed by atoms with Crippen LogP contribution in [0.5, 0.6) is 5.75 Å². The number of esters is 1. The Kier molecular flexibility index (Phi) is 12.4. The van der Waals surface area contributed by atoms with E-state index in [0.717, 1.165) is 0 Å². The molecule has 0 saturated heterocycles. The van der Waals surface area contributed by atoms with Crippen molar-refractivity contribution in [1.29, 1.82) is 0 Å². The molecule has 0 aliphatic rings. The van der Waals surface area contributed by atoms with Crippen LogP contribution in [0, 0.1) is 12.8 Å². The van der Waals surface area contributed by atoms with Gasteiger partial charge in [-0.25, -0.2) is 4.79 Å². The van der Waals surface area contributed by atoms with Crippen molar-refractivity contribution < 1.29 is 33.8 Å².